The number of nitrogens with one attached hydrogen (secondary N) is 1. The van der Waals surface area contributed by atoms with Gasteiger partial charge in [0.2, 0.25) is 0 Å². The van der Waals surface area contributed by atoms with Gasteiger partial charge >= 0.3 is 6.03 Å². The number of methoxy groups -OCH3 is 1. The first-order chi connectivity index (χ1) is 11.3. The fraction of sp³-hybridized carbons (Fsp3) is 0.389. The van der Waals surface area contributed by atoms with Gasteiger partial charge in [-0.2, -0.15) is 0 Å². The quantitative estimate of drug-likeness (QED) is 0.923. The topological polar surface area (TPSA) is 54.7 Å². The van der Waals surface area contributed by atoms with Crippen molar-refractivity contribution in [1.29, 1.82) is 0 Å². The Balaban J connectivity index is 1.47. The molecule has 0 bridgehead atoms. The Bertz CT molecular complexity index is 639. The van der Waals surface area contributed by atoms with Crippen LogP contribution in [0.5, 0.6) is 5.75 Å². The van der Waals surface area contributed by atoms with E-state index in [-0.39, 0.29) is 6.03 Å². The highest BCUT2D eigenvalue weighted by Crippen LogP contribution is 2.27. The van der Waals surface area contributed by atoms with Crippen molar-refractivity contribution in [2.75, 3.05) is 26.7 Å². The highest BCUT2D eigenvalue weighted by molar-refractivity contribution is 5.74. The number of carbonyl (C=O) groups is 1. The number of urea groups is 1. The van der Waals surface area contributed by atoms with Gasteiger partial charge in [0.25, 0.3) is 0 Å². The monoisotopic (exact) mass is 314 g/mol. The molecule has 3 rings (SSSR count). The second-order valence-corrected chi connectivity index (χ2v) is 5.74. The Morgan fingerprint density at radius 1 is 1.35 bits per heavy atom. The standard InChI is InChI=1S/C18H22N2O3/c1-22-16-6-3-2-5-14(16)8-10-19-18(21)20-11-9-15(13-20)17-7-4-12-23-17/h2-7,12,15H,8-11,13H2,1H3,(H,19,21). The van der Waals surface area contributed by atoms with Crippen LogP contribution in [0.15, 0.2) is 47.1 Å². The second kappa shape index (κ2) is 7.22. The van der Waals surface area contributed by atoms with E-state index in [1.54, 1.807) is 13.4 Å². The highest BCUT2D eigenvalue weighted by Gasteiger charge is 2.28. The van der Waals surface area contributed by atoms with Crippen molar-refractivity contribution in [3.05, 3.63) is 54.0 Å². The summed E-state index contributed by atoms with van der Waals surface area (Å²) in [6, 6.07) is 11.8. The minimum Gasteiger partial charge on any atom is -0.496 e. The van der Waals surface area contributed by atoms with Crippen LogP contribution in [0.2, 0.25) is 0 Å². The van der Waals surface area contributed by atoms with E-state index in [0.717, 1.165) is 36.5 Å². The van der Waals surface area contributed by atoms with Crippen molar-refractivity contribution in [2.45, 2.75) is 18.8 Å². The van der Waals surface area contributed by atoms with Crippen LogP contribution < -0.4 is 10.1 Å². The molecular formula is C18H22N2O3. The predicted octanol–water partition coefficient (Wildman–Crippen LogP) is 3.03. The summed E-state index contributed by atoms with van der Waals surface area (Å²) in [5.41, 5.74) is 1.10. The number of benzene rings is 1. The molecule has 1 aromatic carbocycles. The molecule has 0 radical (unpaired) electrons. The van der Waals surface area contributed by atoms with Crippen LogP contribution in [0.1, 0.15) is 23.7 Å². The lowest BCUT2D eigenvalue weighted by atomic mass is 10.1. The first-order valence-electron chi connectivity index (χ1n) is 7.96. The number of ether oxygens (including phenoxy) is 1. The van der Waals surface area contributed by atoms with Crippen molar-refractivity contribution in [2.24, 2.45) is 0 Å². The summed E-state index contributed by atoms with van der Waals surface area (Å²) in [7, 11) is 1.66. The summed E-state index contributed by atoms with van der Waals surface area (Å²) < 4.78 is 10.8. The van der Waals surface area contributed by atoms with Gasteiger partial charge in [-0.05, 0) is 36.6 Å². The van der Waals surface area contributed by atoms with Gasteiger partial charge in [-0.3, -0.25) is 0 Å². The zero-order valence-electron chi connectivity index (χ0n) is 13.3. The van der Waals surface area contributed by atoms with Crippen molar-refractivity contribution < 1.29 is 13.9 Å². The Labute approximate surface area is 136 Å². The van der Waals surface area contributed by atoms with Crippen LogP contribution >= 0.6 is 0 Å². The summed E-state index contributed by atoms with van der Waals surface area (Å²) in [6.45, 7) is 2.08. The molecule has 1 saturated heterocycles. The summed E-state index contributed by atoms with van der Waals surface area (Å²) in [4.78, 5) is 14.1. The van der Waals surface area contributed by atoms with E-state index in [9.17, 15) is 4.79 Å². The molecular weight excluding hydrogens is 292 g/mol. The van der Waals surface area contributed by atoms with E-state index < -0.39 is 0 Å². The van der Waals surface area contributed by atoms with Gasteiger partial charge in [0.1, 0.15) is 11.5 Å². The van der Waals surface area contributed by atoms with Gasteiger partial charge in [0.05, 0.1) is 13.4 Å². The third-order valence-electron chi connectivity index (χ3n) is 4.28. The zero-order valence-corrected chi connectivity index (χ0v) is 13.3. The highest BCUT2D eigenvalue weighted by atomic mass is 16.5. The number of para-hydroxylation sites is 1. The summed E-state index contributed by atoms with van der Waals surface area (Å²) in [5, 5.41) is 2.99. The van der Waals surface area contributed by atoms with Crippen molar-refractivity contribution >= 4 is 6.03 Å². The Hall–Kier alpha value is -2.43. The van der Waals surface area contributed by atoms with E-state index in [1.807, 2.05) is 41.3 Å². The largest absolute Gasteiger partial charge is 0.496 e. The van der Waals surface area contributed by atoms with Crippen LogP contribution in [0, 0.1) is 0 Å². The third kappa shape index (κ3) is 3.67. The average Bonchev–Trinajstić information content (AvgIpc) is 3.26. The maximum absolute atomic E-state index is 12.3. The number of furan rings is 1. The van der Waals surface area contributed by atoms with Gasteiger partial charge in [-0.25, -0.2) is 4.79 Å². The van der Waals surface area contributed by atoms with Crippen LogP contribution in [0.4, 0.5) is 4.79 Å². The number of hydrogen-bond acceptors (Lipinski definition) is 3. The molecule has 5 nitrogen and oxygen atoms in total. The molecule has 1 aliphatic rings. The van der Waals surface area contributed by atoms with E-state index in [0.29, 0.717) is 19.0 Å². The number of amides is 2. The first-order valence-corrected chi connectivity index (χ1v) is 7.96. The van der Waals surface area contributed by atoms with Crippen LogP contribution in [0.3, 0.4) is 0 Å². The Morgan fingerprint density at radius 3 is 3.00 bits per heavy atom. The van der Waals surface area contributed by atoms with Crippen molar-refractivity contribution in [3.8, 4) is 5.75 Å². The summed E-state index contributed by atoms with van der Waals surface area (Å²) >= 11 is 0. The molecule has 1 aromatic heterocycles. The second-order valence-electron chi connectivity index (χ2n) is 5.74. The van der Waals surface area contributed by atoms with E-state index in [4.69, 9.17) is 9.15 Å². The molecule has 23 heavy (non-hydrogen) atoms. The molecule has 0 spiro atoms. The van der Waals surface area contributed by atoms with Crippen molar-refractivity contribution in [3.63, 3.8) is 0 Å². The Kier molecular flexibility index (Phi) is 4.86. The van der Waals surface area contributed by atoms with Gasteiger partial charge in [0, 0.05) is 25.6 Å². The van der Waals surface area contributed by atoms with Crippen LogP contribution in [-0.2, 0) is 6.42 Å². The maximum atomic E-state index is 12.3. The number of likely N-dealkylation sites (tertiary alicyclic amines) is 1. The molecule has 1 N–H and O–H groups in total. The normalized spacial score (nSPS) is 17.3. The molecule has 2 amide bonds. The number of hydrogen-bond donors (Lipinski definition) is 1. The number of rotatable bonds is 5. The summed E-state index contributed by atoms with van der Waals surface area (Å²) in [5.74, 6) is 2.14. The first kappa shape index (κ1) is 15.5. The molecule has 1 aliphatic heterocycles. The molecule has 1 unspecified atom stereocenters. The molecule has 1 fully saturated rings. The molecule has 0 saturated carbocycles. The minimum atomic E-state index is -0.00560. The lowest BCUT2D eigenvalue weighted by molar-refractivity contribution is 0.208. The summed E-state index contributed by atoms with van der Waals surface area (Å²) in [6.07, 6.45) is 3.39. The average molecular weight is 314 g/mol. The molecule has 5 heteroatoms. The zero-order chi connectivity index (χ0) is 16.1. The molecule has 1 atom stereocenters. The van der Waals surface area contributed by atoms with E-state index in [1.165, 1.54) is 0 Å². The van der Waals surface area contributed by atoms with Crippen LogP contribution in [-0.4, -0.2) is 37.7 Å². The van der Waals surface area contributed by atoms with E-state index in [2.05, 4.69) is 5.32 Å². The number of nitrogens with zero attached hydrogens (tertiary/aromatic N) is 1. The number of carbonyl (C=O) groups excluding carboxylic acids is 1. The lowest BCUT2D eigenvalue weighted by Gasteiger charge is -2.17. The van der Waals surface area contributed by atoms with E-state index >= 15 is 0 Å². The fourth-order valence-corrected chi connectivity index (χ4v) is 3.03. The SMILES string of the molecule is COc1ccccc1CCNC(=O)N1CCC(c2ccco2)C1. The van der Waals surface area contributed by atoms with Crippen molar-refractivity contribution in [1.82, 2.24) is 10.2 Å². The van der Waals surface area contributed by atoms with Gasteiger partial charge in [-0.15, -0.1) is 0 Å². The lowest BCUT2D eigenvalue weighted by Crippen LogP contribution is -2.39. The van der Waals surface area contributed by atoms with Gasteiger partial charge < -0.3 is 19.4 Å². The third-order valence-corrected chi connectivity index (χ3v) is 4.28. The fourth-order valence-electron chi connectivity index (χ4n) is 3.03. The van der Waals surface area contributed by atoms with Gasteiger partial charge in [-0.1, -0.05) is 18.2 Å². The minimum absolute atomic E-state index is 0.00560. The predicted molar refractivity (Wildman–Crippen MR) is 87.7 cm³/mol. The Morgan fingerprint density at radius 2 is 2.22 bits per heavy atom. The smallest absolute Gasteiger partial charge is 0.317 e. The maximum Gasteiger partial charge on any atom is 0.317 e. The molecule has 122 valence electrons. The molecule has 2 aromatic rings. The molecule has 0 aliphatic carbocycles. The molecule has 2 heterocycles. The van der Waals surface area contributed by atoms with Gasteiger partial charge in [0.15, 0.2) is 0 Å². The van der Waals surface area contributed by atoms with Crippen LogP contribution in [0.25, 0.3) is 0 Å².